The maximum absolute atomic E-state index is 10.8. The number of thiazole rings is 1. The third-order valence-corrected chi connectivity index (χ3v) is 4.20. The highest BCUT2D eigenvalue weighted by Gasteiger charge is 2.23. The molecule has 1 aromatic heterocycles. The first-order valence-electron chi connectivity index (χ1n) is 5.94. The molecular weight excluding hydrogens is 262 g/mol. The van der Waals surface area contributed by atoms with Crippen LogP contribution in [0.15, 0.2) is 29.6 Å². The Labute approximate surface area is 115 Å². The van der Waals surface area contributed by atoms with E-state index in [1.54, 1.807) is 6.07 Å². The molecule has 2 rings (SSSR count). The van der Waals surface area contributed by atoms with Gasteiger partial charge in [-0.3, -0.25) is 10.1 Å². The van der Waals surface area contributed by atoms with Crippen LogP contribution in [0.5, 0.6) is 0 Å². The molecule has 0 saturated heterocycles. The van der Waals surface area contributed by atoms with Gasteiger partial charge in [-0.1, -0.05) is 19.1 Å². The number of nitrogens with zero attached hydrogens (tertiary/aromatic N) is 2. The van der Waals surface area contributed by atoms with Crippen molar-refractivity contribution in [3.05, 3.63) is 44.8 Å². The summed E-state index contributed by atoms with van der Waals surface area (Å²) in [6.45, 7) is 3.94. The van der Waals surface area contributed by atoms with E-state index in [1.807, 2.05) is 25.3 Å². The average Bonchev–Trinajstić information content (AvgIpc) is 2.89. The van der Waals surface area contributed by atoms with Gasteiger partial charge in [0.15, 0.2) is 0 Å². The molecule has 1 heterocycles. The zero-order chi connectivity index (χ0) is 14.0. The standard InChI is InChI=1S/C13H15N3O2S/c1-3-13(2,14)12-15-11(8-19-12)9-5-4-6-10(7-9)16(17)18/h4-8H,3,14H2,1-2H3. The number of non-ortho nitro benzene ring substituents is 1. The minimum atomic E-state index is -0.455. The van der Waals surface area contributed by atoms with Gasteiger partial charge >= 0.3 is 0 Å². The van der Waals surface area contributed by atoms with Crippen molar-refractivity contribution in [1.82, 2.24) is 4.98 Å². The second kappa shape index (κ2) is 5.07. The van der Waals surface area contributed by atoms with E-state index in [4.69, 9.17) is 5.73 Å². The van der Waals surface area contributed by atoms with Crippen molar-refractivity contribution < 1.29 is 4.92 Å². The van der Waals surface area contributed by atoms with Gasteiger partial charge in [-0.15, -0.1) is 11.3 Å². The van der Waals surface area contributed by atoms with E-state index in [1.165, 1.54) is 23.5 Å². The minimum Gasteiger partial charge on any atom is -0.320 e. The van der Waals surface area contributed by atoms with Crippen LogP contribution in [0.25, 0.3) is 11.3 Å². The topological polar surface area (TPSA) is 82.0 Å². The molecule has 0 fully saturated rings. The third-order valence-electron chi connectivity index (χ3n) is 3.08. The van der Waals surface area contributed by atoms with Crippen LogP contribution in [0.4, 0.5) is 5.69 Å². The molecule has 1 atom stereocenters. The fourth-order valence-corrected chi connectivity index (χ4v) is 2.58. The molecule has 0 aliphatic rings. The summed E-state index contributed by atoms with van der Waals surface area (Å²) in [5, 5.41) is 13.5. The van der Waals surface area contributed by atoms with Gasteiger partial charge < -0.3 is 5.73 Å². The number of nitro groups is 1. The van der Waals surface area contributed by atoms with Crippen LogP contribution in [0, 0.1) is 10.1 Å². The molecule has 0 saturated carbocycles. The lowest BCUT2D eigenvalue weighted by molar-refractivity contribution is -0.384. The SMILES string of the molecule is CCC(C)(N)c1nc(-c2cccc([N+](=O)[O-])c2)cs1. The van der Waals surface area contributed by atoms with Crippen LogP contribution in [0.3, 0.4) is 0 Å². The van der Waals surface area contributed by atoms with E-state index in [-0.39, 0.29) is 5.69 Å². The fourth-order valence-electron chi connectivity index (χ4n) is 1.60. The molecule has 19 heavy (non-hydrogen) atoms. The highest BCUT2D eigenvalue weighted by Crippen LogP contribution is 2.30. The number of rotatable bonds is 4. The van der Waals surface area contributed by atoms with Crippen LogP contribution in [-0.4, -0.2) is 9.91 Å². The Balaban J connectivity index is 2.38. The number of nitrogens with two attached hydrogens (primary N) is 1. The molecule has 0 spiro atoms. The highest BCUT2D eigenvalue weighted by atomic mass is 32.1. The Kier molecular flexibility index (Phi) is 3.64. The van der Waals surface area contributed by atoms with E-state index < -0.39 is 10.5 Å². The van der Waals surface area contributed by atoms with Crippen LogP contribution in [0.2, 0.25) is 0 Å². The van der Waals surface area contributed by atoms with Crippen LogP contribution in [0.1, 0.15) is 25.3 Å². The Morgan fingerprint density at radius 1 is 1.53 bits per heavy atom. The first-order chi connectivity index (χ1) is 8.94. The van der Waals surface area contributed by atoms with Crippen molar-refractivity contribution in [2.45, 2.75) is 25.8 Å². The van der Waals surface area contributed by atoms with E-state index in [9.17, 15) is 10.1 Å². The molecule has 1 unspecified atom stereocenters. The Morgan fingerprint density at radius 2 is 2.26 bits per heavy atom. The van der Waals surface area contributed by atoms with Crippen molar-refractivity contribution in [3.8, 4) is 11.3 Å². The molecule has 2 N–H and O–H groups in total. The first-order valence-corrected chi connectivity index (χ1v) is 6.81. The van der Waals surface area contributed by atoms with Crippen LogP contribution in [-0.2, 0) is 5.54 Å². The number of hydrogen-bond donors (Lipinski definition) is 1. The highest BCUT2D eigenvalue weighted by molar-refractivity contribution is 7.10. The second-order valence-electron chi connectivity index (χ2n) is 4.62. The largest absolute Gasteiger partial charge is 0.320 e. The van der Waals surface area contributed by atoms with Gasteiger partial charge in [-0.2, -0.15) is 0 Å². The van der Waals surface area contributed by atoms with Gasteiger partial charge in [-0.25, -0.2) is 4.98 Å². The normalized spacial score (nSPS) is 14.1. The molecule has 6 heteroatoms. The number of hydrogen-bond acceptors (Lipinski definition) is 5. The summed E-state index contributed by atoms with van der Waals surface area (Å²) in [7, 11) is 0. The molecule has 1 aromatic carbocycles. The van der Waals surface area contributed by atoms with E-state index >= 15 is 0 Å². The molecule has 5 nitrogen and oxygen atoms in total. The quantitative estimate of drug-likeness (QED) is 0.686. The van der Waals surface area contributed by atoms with E-state index in [2.05, 4.69) is 4.98 Å². The van der Waals surface area contributed by atoms with Crippen LogP contribution < -0.4 is 5.73 Å². The molecular formula is C13H15N3O2S. The summed E-state index contributed by atoms with van der Waals surface area (Å²) in [6, 6.07) is 6.47. The third kappa shape index (κ3) is 2.80. The van der Waals surface area contributed by atoms with Crippen molar-refractivity contribution in [2.75, 3.05) is 0 Å². The summed E-state index contributed by atoms with van der Waals surface area (Å²) in [5.41, 5.74) is 7.23. The summed E-state index contributed by atoms with van der Waals surface area (Å²) < 4.78 is 0. The lowest BCUT2D eigenvalue weighted by Crippen LogP contribution is -2.31. The maximum Gasteiger partial charge on any atom is 0.270 e. The summed E-state index contributed by atoms with van der Waals surface area (Å²) in [4.78, 5) is 14.9. The minimum absolute atomic E-state index is 0.0676. The molecule has 0 aliphatic carbocycles. The average molecular weight is 277 g/mol. The van der Waals surface area contributed by atoms with Gasteiger partial charge in [0.25, 0.3) is 5.69 Å². The van der Waals surface area contributed by atoms with Crippen LogP contribution >= 0.6 is 11.3 Å². The summed E-state index contributed by atoms with van der Waals surface area (Å²) in [6.07, 6.45) is 0.787. The monoisotopic (exact) mass is 277 g/mol. The lowest BCUT2D eigenvalue weighted by atomic mass is 10.0. The van der Waals surface area contributed by atoms with Crippen molar-refractivity contribution in [1.29, 1.82) is 0 Å². The zero-order valence-corrected chi connectivity index (χ0v) is 11.6. The van der Waals surface area contributed by atoms with Gasteiger partial charge in [0.05, 0.1) is 16.2 Å². The fraction of sp³-hybridized carbons (Fsp3) is 0.308. The first kappa shape index (κ1) is 13.6. The predicted molar refractivity (Wildman–Crippen MR) is 76.0 cm³/mol. The van der Waals surface area contributed by atoms with Gasteiger partial charge in [0, 0.05) is 23.1 Å². The van der Waals surface area contributed by atoms with Gasteiger partial charge in [-0.05, 0) is 13.3 Å². The number of nitro benzene ring substituents is 1. The summed E-state index contributed by atoms with van der Waals surface area (Å²) >= 11 is 1.48. The smallest absolute Gasteiger partial charge is 0.270 e. The van der Waals surface area contributed by atoms with Crippen molar-refractivity contribution in [3.63, 3.8) is 0 Å². The maximum atomic E-state index is 10.8. The predicted octanol–water partition coefficient (Wildman–Crippen LogP) is 3.30. The van der Waals surface area contributed by atoms with Gasteiger partial charge in [0.1, 0.15) is 5.01 Å². The Bertz CT molecular complexity index is 607. The molecule has 2 aromatic rings. The van der Waals surface area contributed by atoms with Crippen molar-refractivity contribution >= 4 is 17.0 Å². The van der Waals surface area contributed by atoms with E-state index in [0.29, 0.717) is 0 Å². The molecule has 0 radical (unpaired) electrons. The number of aromatic nitrogens is 1. The Morgan fingerprint density at radius 3 is 2.89 bits per heavy atom. The van der Waals surface area contributed by atoms with Gasteiger partial charge in [0.2, 0.25) is 0 Å². The lowest BCUT2D eigenvalue weighted by Gasteiger charge is -2.18. The zero-order valence-electron chi connectivity index (χ0n) is 10.8. The summed E-state index contributed by atoms with van der Waals surface area (Å²) in [5.74, 6) is 0. The van der Waals surface area contributed by atoms with Crippen molar-refractivity contribution in [2.24, 2.45) is 5.73 Å². The second-order valence-corrected chi connectivity index (χ2v) is 5.47. The molecule has 0 amide bonds. The van der Waals surface area contributed by atoms with E-state index in [0.717, 1.165) is 22.7 Å². The molecule has 0 bridgehead atoms. The molecule has 100 valence electrons. The Hall–Kier alpha value is -1.79. The molecule has 0 aliphatic heterocycles. The number of benzene rings is 1.